The SMILES string of the molecule is O=C(NC(=S)NCc1ccc(-c2ccc(Br)cc2)o1)c1ccccc1[N+](=O)[O-]. The lowest BCUT2D eigenvalue weighted by atomic mass is 10.1. The molecule has 0 bridgehead atoms. The third kappa shape index (κ3) is 4.81. The van der Waals surface area contributed by atoms with Gasteiger partial charge in [-0.05, 0) is 42.5 Å². The highest BCUT2D eigenvalue weighted by Crippen LogP contribution is 2.24. The monoisotopic (exact) mass is 459 g/mol. The van der Waals surface area contributed by atoms with Crippen LogP contribution < -0.4 is 10.6 Å². The lowest BCUT2D eigenvalue weighted by Gasteiger charge is -2.08. The molecule has 0 aliphatic heterocycles. The number of nitro groups is 1. The fourth-order valence-corrected chi connectivity index (χ4v) is 2.88. The summed E-state index contributed by atoms with van der Waals surface area (Å²) in [5, 5.41) is 16.4. The molecular weight excluding hydrogens is 446 g/mol. The summed E-state index contributed by atoms with van der Waals surface area (Å²) in [5.41, 5.74) is 0.585. The summed E-state index contributed by atoms with van der Waals surface area (Å²) in [6, 6.07) is 17.0. The molecule has 1 aromatic heterocycles. The van der Waals surface area contributed by atoms with Crippen molar-refractivity contribution in [3.8, 4) is 11.3 Å². The Morgan fingerprint density at radius 1 is 1.11 bits per heavy atom. The van der Waals surface area contributed by atoms with Gasteiger partial charge in [-0.2, -0.15) is 0 Å². The molecular formula is C19H14BrN3O4S. The van der Waals surface area contributed by atoms with Gasteiger partial charge in [-0.15, -0.1) is 0 Å². The lowest BCUT2D eigenvalue weighted by Crippen LogP contribution is -2.39. The van der Waals surface area contributed by atoms with Gasteiger partial charge < -0.3 is 9.73 Å². The summed E-state index contributed by atoms with van der Waals surface area (Å²) >= 11 is 8.48. The van der Waals surface area contributed by atoms with Gasteiger partial charge in [0, 0.05) is 16.1 Å². The van der Waals surface area contributed by atoms with Crippen molar-refractivity contribution in [2.75, 3.05) is 0 Å². The molecule has 0 spiro atoms. The molecule has 0 radical (unpaired) electrons. The Labute approximate surface area is 174 Å². The maximum Gasteiger partial charge on any atom is 0.282 e. The fraction of sp³-hybridized carbons (Fsp3) is 0.0526. The Hall–Kier alpha value is -3.04. The van der Waals surface area contributed by atoms with Crippen molar-refractivity contribution in [3.63, 3.8) is 0 Å². The van der Waals surface area contributed by atoms with Crippen molar-refractivity contribution >= 4 is 44.9 Å². The fourth-order valence-electron chi connectivity index (χ4n) is 2.45. The molecule has 9 heteroatoms. The van der Waals surface area contributed by atoms with Crippen molar-refractivity contribution in [1.82, 2.24) is 10.6 Å². The molecule has 0 saturated heterocycles. The van der Waals surface area contributed by atoms with E-state index in [9.17, 15) is 14.9 Å². The normalized spacial score (nSPS) is 10.3. The number of hydrogen-bond acceptors (Lipinski definition) is 5. The minimum atomic E-state index is -0.653. The van der Waals surface area contributed by atoms with Crippen molar-refractivity contribution in [3.05, 3.63) is 86.6 Å². The number of thiocarbonyl (C=S) groups is 1. The van der Waals surface area contributed by atoms with Crippen LogP contribution in [0.1, 0.15) is 16.1 Å². The number of rotatable bonds is 5. The van der Waals surface area contributed by atoms with Gasteiger partial charge in [0.05, 0.1) is 11.5 Å². The topological polar surface area (TPSA) is 97.4 Å². The average Bonchev–Trinajstić information content (AvgIpc) is 3.16. The van der Waals surface area contributed by atoms with Crippen LogP contribution in [0.25, 0.3) is 11.3 Å². The molecule has 0 fully saturated rings. The number of hydrogen-bond donors (Lipinski definition) is 2. The van der Waals surface area contributed by atoms with Crippen molar-refractivity contribution in [1.29, 1.82) is 0 Å². The number of benzene rings is 2. The molecule has 7 nitrogen and oxygen atoms in total. The second-order valence-electron chi connectivity index (χ2n) is 5.68. The van der Waals surface area contributed by atoms with Crippen LogP contribution in [0, 0.1) is 10.1 Å². The smallest absolute Gasteiger partial charge is 0.282 e. The zero-order valence-corrected chi connectivity index (χ0v) is 16.7. The van der Waals surface area contributed by atoms with Gasteiger partial charge in [-0.3, -0.25) is 20.2 Å². The van der Waals surface area contributed by atoms with Gasteiger partial charge in [-0.25, -0.2) is 0 Å². The maximum absolute atomic E-state index is 12.2. The number of para-hydroxylation sites is 1. The zero-order valence-electron chi connectivity index (χ0n) is 14.3. The van der Waals surface area contributed by atoms with Gasteiger partial charge >= 0.3 is 0 Å². The van der Waals surface area contributed by atoms with Crippen LogP contribution in [0.5, 0.6) is 0 Å². The van der Waals surface area contributed by atoms with Gasteiger partial charge in [0.15, 0.2) is 5.11 Å². The minimum Gasteiger partial charge on any atom is -0.459 e. The Morgan fingerprint density at radius 3 is 2.54 bits per heavy atom. The number of nitrogens with zero attached hydrogens (tertiary/aromatic N) is 1. The van der Waals surface area contributed by atoms with Gasteiger partial charge in [0.1, 0.15) is 17.1 Å². The standard InChI is InChI=1S/C19H14BrN3O4S/c20-13-7-5-12(6-8-13)17-10-9-14(27-17)11-21-19(28)22-18(24)15-3-1-2-4-16(15)23(25)26/h1-10H,11H2,(H2,21,22,24,28). The van der Waals surface area contributed by atoms with Crippen LogP contribution in [-0.4, -0.2) is 15.9 Å². The number of carbonyl (C=O) groups is 1. The predicted octanol–water partition coefficient (Wildman–Crippen LogP) is 4.42. The van der Waals surface area contributed by atoms with Gasteiger partial charge in [0.25, 0.3) is 11.6 Å². The van der Waals surface area contributed by atoms with Gasteiger partial charge in [0.2, 0.25) is 0 Å². The molecule has 0 aliphatic rings. The van der Waals surface area contributed by atoms with E-state index in [0.717, 1.165) is 10.0 Å². The van der Waals surface area contributed by atoms with Crippen molar-refractivity contribution in [2.45, 2.75) is 6.54 Å². The van der Waals surface area contributed by atoms with Crippen LogP contribution in [-0.2, 0) is 6.54 Å². The number of nitro benzene ring substituents is 1. The van der Waals surface area contributed by atoms with Crippen LogP contribution in [0.4, 0.5) is 5.69 Å². The highest BCUT2D eigenvalue weighted by atomic mass is 79.9. The second-order valence-corrected chi connectivity index (χ2v) is 7.01. The number of amides is 1. The van der Waals surface area contributed by atoms with Crippen molar-refractivity contribution in [2.24, 2.45) is 0 Å². The molecule has 0 atom stereocenters. The number of carbonyl (C=O) groups excluding carboxylic acids is 1. The first-order valence-electron chi connectivity index (χ1n) is 8.11. The highest BCUT2D eigenvalue weighted by Gasteiger charge is 2.19. The number of halogens is 1. The van der Waals surface area contributed by atoms with E-state index < -0.39 is 10.8 Å². The van der Waals surface area contributed by atoms with Crippen LogP contribution in [0.15, 0.2) is 69.6 Å². The van der Waals surface area contributed by atoms with E-state index in [1.54, 1.807) is 12.1 Å². The molecule has 0 aliphatic carbocycles. The van der Waals surface area contributed by atoms with E-state index in [2.05, 4.69) is 26.6 Å². The zero-order chi connectivity index (χ0) is 20.1. The molecule has 0 unspecified atom stereocenters. The molecule has 3 rings (SSSR count). The quantitative estimate of drug-likeness (QED) is 0.332. The summed E-state index contributed by atoms with van der Waals surface area (Å²) in [7, 11) is 0. The predicted molar refractivity (Wildman–Crippen MR) is 112 cm³/mol. The van der Waals surface area contributed by atoms with Gasteiger partial charge in [-0.1, -0.05) is 40.2 Å². The Kier molecular flexibility index (Phi) is 6.17. The first-order chi connectivity index (χ1) is 13.4. The second kappa shape index (κ2) is 8.77. The van der Waals surface area contributed by atoms with Crippen LogP contribution in [0.3, 0.4) is 0 Å². The molecule has 28 heavy (non-hydrogen) atoms. The maximum atomic E-state index is 12.2. The molecule has 1 amide bonds. The highest BCUT2D eigenvalue weighted by molar-refractivity contribution is 9.10. The molecule has 3 aromatic rings. The molecule has 2 N–H and O–H groups in total. The number of nitrogens with one attached hydrogen (secondary N) is 2. The molecule has 0 saturated carbocycles. The van der Waals surface area contributed by atoms with Crippen molar-refractivity contribution < 1.29 is 14.1 Å². The largest absolute Gasteiger partial charge is 0.459 e. The summed E-state index contributed by atoms with van der Waals surface area (Å²) < 4.78 is 6.74. The Morgan fingerprint density at radius 2 is 1.82 bits per heavy atom. The average molecular weight is 460 g/mol. The van der Waals surface area contributed by atoms with E-state index >= 15 is 0 Å². The molecule has 1 heterocycles. The first kappa shape index (κ1) is 19.7. The summed E-state index contributed by atoms with van der Waals surface area (Å²) in [4.78, 5) is 22.6. The molecule has 142 valence electrons. The van der Waals surface area contributed by atoms with E-state index in [1.807, 2.05) is 30.3 Å². The van der Waals surface area contributed by atoms with E-state index in [0.29, 0.717) is 11.5 Å². The first-order valence-corrected chi connectivity index (χ1v) is 9.31. The third-order valence-electron chi connectivity index (χ3n) is 3.79. The molecule has 2 aromatic carbocycles. The van der Waals surface area contributed by atoms with Crippen LogP contribution in [0.2, 0.25) is 0 Å². The van der Waals surface area contributed by atoms with E-state index in [4.69, 9.17) is 16.6 Å². The summed E-state index contributed by atoms with van der Waals surface area (Å²) in [6.45, 7) is 0.256. The van der Waals surface area contributed by atoms with E-state index in [-0.39, 0.29) is 22.9 Å². The summed E-state index contributed by atoms with van der Waals surface area (Å²) in [5.74, 6) is 0.680. The number of furan rings is 1. The minimum absolute atomic E-state index is 0.0461. The Balaban J connectivity index is 1.58. The Bertz CT molecular complexity index is 1030. The summed E-state index contributed by atoms with van der Waals surface area (Å²) in [6.07, 6.45) is 0. The third-order valence-corrected chi connectivity index (χ3v) is 4.56. The van der Waals surface area contributed by atoms with E-state index in [1.165, 1.54) is 18.2 Å². The van der Waals surface area contributed by atoms with Crippen LogP contribution >= 0.6 is 28.1 Å². The lowest BCUT2D eigenvalue weighted by molar-refractivity contribution is -0.385.